The molecule has 0 fully saturated rings. The van der Waals surface area contributed by atoms with Crippen LogP contribution in [0.3, 0.4) is 0 Å². The molecule has 1 atom stereocenters. The van der Waals surface area contributed by atoms with Gasteiger partial charge in [0.1, 0.15) is 6.04 Å². The Bertz CT molecular complexity index is 528. The molecule has 6 nitrogen and oxygen atoms in total. The van der Waals surface area contributed by atoms with Crippen molar-refractivity contribution in [1.82, 2.24) is 5.32 Å². The summed E-state index contributed by atoms with van der Waals surface area (Å²) in [6.07, 6.45) is -0.238. The van der Waals surface area contributed by atoms with Crippen molar-refractivity contribution in [3.63, 3.8) is 0 Å². The molecule has 2 amide bonds. The molecule has 0 bridgehead atoms. The van der Waals surface area contributed by atoms with Gasteiger partial charge in [-0.2, -0.15) is 0 Å². The average molecular weight is 319 g/mol. The molecule has 0 saturated heterocycles. The van der Waals surface area contributed by atoms with Crippen LogP contribution in [0.15, 0.2) is 18.2 Å². The van der Waals surface area contributed by atoms with Gasteiger partial charge >= 0.3 is 5.97 Å². The summed E-state index contributed by atoms with van der Waals surface area (Å²) in [7, 11) is 0. The van der Waals surface area contributed by atoms with Crippen molar-refractivity contribution >= 4 is 41.0 Å². The molecule has 8 heteroatoms. The number of hydrogen-bond acceptors (Lipinski definition) is 3. The van der Waals surface area contributed by atoms with Gasteiger partial charge in [0.15, 0.2) is 0 Å². The van der Waals surface area contributed by atoms with E-state index in [1.807, 2.05) is 0 Å². The van der Waals surface area contributed by atoms with Crippen LogP contribution >= 0.6 is 23.2 Å². The van der Waals surface area contributed by atoms with Gasteiger partial charge in [-0.25, -0.2) is 4.79 Å². The molecule has 0 spiro atoms. The number of nitrogens with two attached hydrogens (primary N) is 1. The van der Waals surface area contributed by atoms with Crippen LogP contribution in [0.5, 0.6) is 0 Å². The van der Waals surface area contributed by atoms with E-state index < -0.39 is 23.8 Å². The van der Waals surface area contributed by atoms with E-state index in [2.05, 4.69) is 5.32 Å². The first-order chi connectivity index (χ1) is 9.29. The van der Waals surface area contributed by atoms with Crippen LogP contribution in [-0.2, 0) is 9.59 Å². The fourth-order valence-corrected chi connectivity index (χ4v) is 2.00. The number of carboxylic acid groups (broad SMARTS) is 1. The quantitative estimate of drug-likeness (QED) is 0.737. The standard InChI is InChI=1S/C12H12Cl2N2O4/c13-7-3-6(4-8(14)5-7)11(18)16-9(12(19)20)1-2-10(15)17/h3-5,9H,1-2H2,(H2,15,17)(H,16,18)(H,19,20). The summed E-state index contributed by atoms with van der Waals surface area (Å²) < 4.78 is 0. The number of primary amides is 1. The second-order valence-electron chi connectivity index (χ2n) is 4.03. The number of amides is 2. The summed E-state index contributed by atoms with van der Waals surface area (Å²) in [5.41, 5.74) is 5.08. The minimum Gasteiger partial charge on any atom is -0.480 e. The van der Waals surface area contributed by atoms with Crippen LogP contribution in [0.2, 0.25) is 10.0 Å². The van der Waals surface area contributed by atoms with E-state index in [1.54, 1.807) is 0 Å². The first-order valence-electron chi connectivity index (χ1n) is 5.57. The van der Waals surface area contributed by atoms with Crippen molar-refractivity contribution < 1.29 is 19.5 Å². The van der Waals surface area contributed by atoms with Gasteiger partial charge in [0.25, 0.3) is 5.91 Å². The Hall–Kier alpha value is -1.79. The Labute approximate surface area is 124 Å². The van der Waals surface area contributed by atoms with E-state index in [0.717, 1.165) is 0 Å². The zero-order chi connectivity index (χ0) is 15.3. The molecular weight excluding hydrogens is 307 g/mol. The lowest BCUT2D eigenvalue weighted by Gasteiger charge is -2.14. The summed E-state index contributed by atoms with van der Waals surface area (Å²) in [6, 6.07) is 2.94. The van der Waals surface area contributed by atoms with Crippen molar-refractivity contribution in [1.29, 1.82) is 0 Å². The molecule has 4 N–H and O–H groups in total. The fourth-order valence-electron chi connectivity index (χ4n) is 1.47. The van der Waals surface area contributed by atoms with Gasteiger partial charge in [-0.05, 0) is 24.6 Å². The number of carbonyl (C=O) groups is 3. The maximum absolute atomic E-state index is 11.9. The van der Waals surface area contributed by atoms with Gasteiger partial charge in [-0.1, -0.05) is 23.2 Å². The Morgan fingerprint density at radius 3 is 2.20 bits per heavy atom. The van der Waals surface area contributed by atoms with Crippen molar-refractivity contribution in [3.8, 4) is 0 Å². The van der Waals surface area contributed by atoms with Crippen LogP contribution < -0.4 is 11.1 Å². The van der Waals surface area contributed by atoms with E-state index in [4.69, 9.17) is 34.0 Å². The predicted octanol–water partition coefficient (Wildman–Crippen LogP) is 1.44. The molecule has 0 saturated carbocycles. The second kappa shape index (κ2) is 7.12. The molecule has 20 heavy (non-hydrogen) atoms. The minimum atomic E-state index is -1.26. The molecule has 0 radical (unpaired) electrons. The molecule has 0 aliphatic heterocycles. The summed E-state index contributed by atoms with van der Waals surface area (Å²) >= 11 is 11.5. The highest BCUT2D eigenvalue weighted by Crippen LogP contribution is 2.19. The first-order valence-corrected chi connectivity index (χ1v) is 6.33. The highest BCUT2D eigenvalue weighted by Gasteiger charge is 2.21. The monoisotopic (exact) mass is 318 g/mol. The molecule has 1 unspecified atom stereocenters. The molecule has 0 aromatic heterocycles. The predicted molar refractivity (Wildman–Crippen MR) is 73.8 cm³/mol. The number of aliphatic carboxylic acids is 1. The maximum Gasteiger partial charge on any atom is 0.326 e. The average Bonchev–Trinajstić information content (AvgIpc) is 2.32. The lowest BCUT2D eigenvalue weighted by atomic mass is 10.1. The summed E-state index contributed by atoms with van der Waals surface area (Å²) in [5.74, 6) is -2.55. The van der Waals surface area contributed by atoms with Crippen LogP contribution in [0.25, 0.3) is 0 Å². The Balaban J connectivity index is 2.79. The van der Waals surface area contributed by atoms with E-state index in [1.165, 1.54) is 18.2 Å². The number of hydrogen-bond donors (Lipinski definition) is 3. The minimum absolute atomic E-state index is 0.0926. The fraction of sp³-hybridized carbons (Fsp3) is 0.250. The zero-order valence-electron chi connectivity index (χ0n) is 10.2. The number of carbonyl (C=O) groups excluding carboxylic acids is 2. The highest BCUT2D eigenvalue weighted by molar-refractivity contribution is 6.35. The van der Waals surface area contributed by atoms with Gasteiger partial charge in [-0.15, -0.1) is 0 Å². The van der Waals surface area contributed by atoms with Crippen molar-refractivity contribution in [2.75, 3.05) is 0 Å². The number of rotatable bonds is 6. The first kappa shape index (κ1) is 16.3. The van der Waals surface area contributed by atoms with Crippen LogP contribution in [0.1, 0.15) is 23.2 Å². The van der Waals surface area contributed by atoms with Crippen molar-refractivity contribution in [2.45, 2.75) is 18.9 Å². The van der Waals surface area contributed by atoms with Crippen molar-refractivity contribution in [2.24, 2.45) is 5.73 Å². The Kier molecular flexibility index (Phi) is 5.79. The van der Waals surface area contributed by atoms with Crippen molar-refractivity contribution in [3.05, 3.63) is 33.8 Å². The Morgan fingerprint density at radius 2 is 1.75 bits per heavy atom. The molecule has 1 rings (SSSR count). The second-order valence-corrected chi connectivity index (χ2v) is 4.90. The van der Waals surface area contributed by atoms with Crippen LogP contribution in [-0.4, -0.2) is 28.9 Å². The van der Waals surface area contributed by atoms with Crippen LogP contribution in [0, 0.1) is 0 Å². The van der Waals surface area contributed by atoms with Gasteiger partial charge in [0.05, 0.1) is 0 Å². The maximum atomic E-state index is 11.9. The smallest absolute Gasteiger partial charge is 0.326 e. The SMILES string of the molecule is NC(=O)CCC(NC(=O)c1cc(Cl)cc(Cl)c1)C(=O)O. The molecule has 1 aromatic rings. The van der Waals surface area contributed by atoms with E-state index in [0.29, 0.717) is 0 Å². The number of carboxylic acids is 1. The lowest BCUT2D eigenvalue weighted by Crippen LogP contribution is -2.41. The zero-order valence-corrected chi connectivity index (χ0v) is 11.7. The molecular formula is C12H12Cl2N2O4. The number of benzene rings is 1. The normalized spacial score (nSPS) is 11.7. The third-order valence-electron chi connectivity index (χ3n) is 2.41. The molecule has 0 heterocycles. The molecule has 1 aromatic carbocycles. The van der Waals surface area contributed by atoms with E-state index in [-0.39, 0.29) is 28.5 Å². The topological polar surface area (TPSA) is 109 Å². The summed E-state index contributed by atoms with van der Waals surface area (Å²) in [5, 5.41) is 11.8. The molecule has 0 aliphatic rings. The highest BCUT2D eigenvalue weighted by atomic mass is 35.5. The largest absolute Gasteiger partial charge is 0.480 e. The Morgan fingerprint density at radius 1 is 1.20 bits per heavy atom. The molecule has 0 aliphatic carbocycles. The van der Waals surface area contributed by atoms with Gasteiger partial charge in [0, 0.05) is 22.0 Å². The van der Waals surface area contributed by atoms with Gasteiger partial charge in [0.2, 0.25) is 5.91 Å². The van der Waals surface area contributed by atoms with E-state index in [9.17, 15) is 14.4 Å². The van der Waals surface area contributed by atoms with Gasteiger partial charge in [-0.3, -0.25) is 9.59 Å². The summed E-state index contributed by atoms with van der Waals surface area (Å²) in [6.45, 7) is 0. The summed E-state index contributed by atoms with van der Waals surface area (Å²) in [4.78, 5) is 33.5. The number of halogens is 2. The molecule has 108 valence electrons. The third kappa shape index (κ3) is 5.07. The third-order valence-corrected chi connectivity index (χ3v) is 2.84. The number of nitrogens with one attached hydrogen (secondary N) is 1. The van der Waals surface area contributed by atoms with Crippen LogP contribution in [0.4, 0.5) is 0 Å². The lowest BCUT2D eigenvalue weighted by molar-refractivity contribution is -0.139. The van der Waals surface area contributed by atoms with E-state index >= 15 is 0 Å². The van der Waals surface area contributed by atoms with Gasteiger partial charge < -0.3 is 16.2 Å².